The molecule has 132 valence electrons. The standard InChI is InChI=1S/C18H14Cl2N4O2/c19-13-4-10(7-21)15(6-14(13)20)23-18(26)24-11-1-2-16(24)12-8-22-17(25)5-9(12)3-11/h4-6,8,11,16H,1-3H2,(H,22,25)(H,23,26). The number of amides is 2. The molecule has 4 rings (SSSR count). The molecular weight excluding hydrogens is 375 g/mol. The van der Waals surface area contributed by atoms with E-state index in [1.165, 1.54) is 12.1 Å². The Hall–Kier alpha value is -2.49. The molecule has 0 saturated carbocycles. The van der Waals surface area contributed by atoms with Crippen molar-refractivity contribution in [1.29, 1.82) is 5.26 Å². The average molecular weight is 389 g/mol. The number of hydrogen-bond donors (Lipinski definition) is 2. The van der Waals surface area contributed by atoms with Crippen molar-refractivity contribution in [3.8, 4) is 6.07 Å². The number of aromatic nitrogens is 1. The summed E-state index contributed by atoms with van der Waals surface area (Å²) >= 11 is 12.0. The number of anilines is 1. The highest BCUT2D eigenvalue weighted by molar-refractivity contribution is 6.42. The summed E-state index contributed by atoms with van der Waals surface area (Å²) in [6.07, 6.45) is 4.05. The highest BCUT2D eigenvalue weighted by atomic mass is 35.5. The monoisotopic (exact) mass is 388 g/mol. The summed E-state index contributed by atoms with van der Waals surface area (Å²) in [4.78, 5) is 29.0. The minimum absolute atomic E-state index is 0.0302. The van der Waals surface area contributed by atoms with E-state index in [2.05, 4.69) is 10.3 Å². The van der Waals surface area contributed by atoms with E-state index in [-0.39, 0.29) is 39.3 Å². The molecule has 1 aromatic carbocycles. The molecule has 2 aliphatic rings. The van der Waals surface area contributed by atoms with Crippen LogP contribution in [0.2, 0.25) is 10.0 Å². The van der Waals surface area contributed by atoms with Crippen molar-refractivity contribution in [1.82, 2.24) is 9.88 Å². The molecule has 2 atom stereocenters. The summed E-state index contributed by atoms with van der Waals surface area (Å²) in [6.45, 7) is 0. The molecule has 26 heavy (non-hydrogen) atoms. The Morgan fingerprint density at radius 2 is 2.04 bits per heavy atom. The normalized spacial score (nSPS) is 20.4. The quantitative estimate of drug-likeness (QED) is 0.777. The van der Waals surface area contributed by atoms with E-state index >= 15 is 0 Å². The predicted octanol–water partition coefficient (Wildman–Crippen LogP) is 3.85. The van der Waals surface area contributed by atoms with Gasteiger partial charge in [-0.1, -0.05) is 23.2 Å². The number of nitrogens with one attached hydrogen (secondary N) is 2. The number of aromatic amines is 1. The van der Waals surface area contributed by atoms with Gasteiger partial charge in [-0.3, -0.25) is 4.79 Å². The molecule has 2 aliphatic heterocycles. The third-order valence-corrected chi connectivity index (χ3v) is 5.74. The summed E-state index contributed by atoms with van der Waals surface area (Å²) in [5.74, 6) is 0. The summed E-state index contributed by atoms with van der Waals surface area (Å²) in [6, 6.07) is 6.20. The minimum atomic E-state index is -0.288. The van der Waals surface area contributed by atoms with Gasteiger partial charge in [-0.05, 0) is 42.5 Å². The van der Waals surface area contributed by atoms with Gasteiger partial charge in [0.15, 0.2) is 0 Å². The van der Waals surface area contributed by atoms with Crippen molar-refractivity contribution >= 4 is 34.9 Å². The SMILES string of the molecule is N#Cc1cc(Cl)c(Cl)cc1NC(=O)N1C2CCC1c1c[nH]c(=O)cc1C2. The molecule has 2 unspecified atom stereocenters. The molecule has 3 heterocycles. The van der Waals surface area contributed by atoms with Crippen LogP contribution in [0.3, 0.4) is 0 Å². The van der Waals surface area contributed by atoms with E-state index in [1.807, 2.05) is 6.07 Å². The molecule has 8 heteroatoms. The smallest absolute Gasteiger partial charge is 0.322 e. The zero-order valence-electron chi connectivity index (χ0n) is 13.6. The number of nitriles is 1. The molecule has 2 amide bonds. The fourth-order valence-electron chi connectivity index (χ4n) is 3.88. The zero-order valence-corrected chi connectivity index (χ0v) is 15.1. The molecular formula is C18H14Cl2N4O2. The number of H-pyrrole nitrogens is 1. The van der Waals surface area contributed by atoms with Gasteiger partial charge in [0.2, 0.25) is 5.56 Å². The topological polar surface area (TPSA) is 89.0 Å². The van der Waals surface area contributed by atoms with Crippen LogP contribution in [0, 0.1) is 11.3 Å². The van der Waals surface area contributed by atoms with Crippen LogP contribution in [0.4, 0.5) is 10.5 Å². The van der Waals surface area contributed by atoms with E-state index in [0.717, 1.165) is 24.0 Å². The molecule has 0 radical (unpaired) electrons. The zero-order chi connectivity index (χ0) is 18.4. The molecule has 1 saturated heterocycles. The minimum Gasteiger partial charge on any atom is -0.329 e. The molecule has 0 aliphatic carbocycles. The number of carbonyl (C=O) groups is 1. The van der Waals surface area contributed by atoms with Gasteiger partial charge in [0.25, 0.3) is 0 Å². The first-order valence-corrected chi connectivity index (χ1v) is 8.93. The maximum Gasteiger partial charge on any atom is 0.322 e. The molecule has 2 bridgehead atoms. The Morgan fingerprint density at radius 3 is 2.81 bits per heavy atom. The molecule has 0 spiro atoms. The van der Waals surface area contributed by atoms with E-state index in [4.69, 9.17) is 23.2 Å². The van der Waals surface area contributed by atoms with Crippen molar-refractivity contribution in [2.45, 2.75) is 31.3 Å². The lowest BCUT2D eigenvalue weighted by molar-refractivity contribution is 0.179. The van der Waals surface area contributed by atoms with Gasteiger partial charge in [0.05, 0.1) is 27.3 Å². The molecule has 1 aromatic heterocycles. The Kier molecular flexibility index (Phi) is 4.14. The molecule has 1 fully saturated rings. The van der Waals surface area contributed by atoms with Crippen molar-refractivity contribution in [2.75, 3.05) is 5.32 Å². The number of hydrogen-bond acceptors (Lipinski definition) is 3. The Morgan fingerprint density at radius 1 is 1.27 bits per heavy atom. The van der Waals surface area contributed by atoms with Gasteiger partial charge in [-0.25, -0.2) is 4.79 Å². The van der Waals surface area contributed by atoms with Gasteiger partial charge in [0, 0.05) is 18.3 Å². The third kappa shape index (κ3) is 2.74. The van der Waals surface area contributed by atoms with E-state index < -0.39 is 0 Å². The molecule has 6 nitrogen and oxygen atoms in total. The van der Waals surface area contributed by atoms with Crippen LogP contribution in [0.5, 0.6) is 0 Å². The second kappa shape index (κ2) is 6.35. The van der Waals surface area contributed by atoms with Crippen molar-refractivity contribution < 1.29 is 4.79 Å². The van der Waals surface area contributed by atoms with E-state index in [0.29, 0.717) is 12.1 Å². The maximum absolute atomic E-state index is 12.9. The lowest BCUT2D eigenvalue weighted by atomic mass is 9.95. The summed E-state index contributed by atoms with van der Waals surface area (Å²) < 4.78 is 0. The fourth-order valence-corrected chi connectivity index (χ4v) is 4.21. The van der Waals surface area contributed by atoms with Crippen LogP contribution in [0.25, 0.3) is 0 Å². The van der Waals surface area contributed by atoms with Crippen molar-refractivity contribution in [3.05, 3.63) is 61.5 Å². The van der Waals surface area contributed by atoms with E-state index in [1.54, 1.807) is 17.2 Å². The number of fused-ring (bicyclic) bond motifs is 4. The first-order chi connectivity index (χ1) is 12.5. The van der Waals surface area contributed by atoms with E-state index in [9.17, 15) is 14.9 Å². The van der Waals surface area contributed by atoms with Gasteiger partial charge in [-0.15, -0.1) is 0 Å². The Bertz CT molecular complexity index is 1010. The van der Waals surface area contributed by atoms with Gasteiger partial charge < -0.3 is 15.2 Å². The number of urea groups is 1. The van der Waals surface area contributed by atoms with Crippen LogP contribution in [-0.2, 0) is 6.42 Å². The summed E-state index contributed by atoms with van der Waals surface area (Å²) in [5.41, 5.74) is 2.43. The van der Waals surface area contributed by atoms with Crippen LogP contribution in [0.15, 0.2) is 29.2 Å². The molecule has 2 aromatic rings. The van der Waals surface area contributed by atoms with Crippen LogP contribution >= 0.6 is 23.2 Å². The lowest BCUT2D eigenvalue weighted by Gasteiger charge is -2.36. The largest absolute Gasteiger partial charge is 0.329 e. The Labute approximate surface area is 159 Å². The highest BCUT2D eigenvalue weighted by Crippen LogP contribution is 2.43. The van der Waals surface area contributed by atoms with Crippen molar-refractivity contribution in [3.63, 3.8) is 0 Å². The summed E-state index contributed by atoms with van der Waals surface area (Å²) in [7, 11) is 0. The third-order valence-electron chi connectivity index (χ3n) is 5.02. The highest BCUT2D eigenvalue weighted by Gasteiger charge is 2.42. The number of pyridine rings is 1. The number of halogens is 2. The number of rotatable bonds is 1. The Balaban J connectivity index is 1.64. The van der Waals surface area contributed by atoms with Crippen LogP contribution in [0.1, 0.15) is 35.6 Å². The number of nitrogens with zero attached hydrogens (tertiary/aromatic N) is 2. The van der Waals surface area contributed by atoms with Crippen molar-refractivity contribution in [2.24, 2.45) is 0 Å². The van der Waals surface area contributed by atoms with Gasteiger partial charge >= 0.3 is 6.03 Å². The predicted molar refractivity (Wildman–Crippen MR) is 98.6 cm³/mol. The first kappa shape index (κ1) is 17.0. The fraction of sp³-hybridized carbons (Fsp3) is 0.278. The first-order valence-electron chi connectivity index (χ1n) is 8.18. The summed E-state index contributed by atoms with van der Waals surface area (Å²) in [5, 5.41) is 12.6. The average Bonchev–Trinajstić information content (AvgIpc) is 2.93. The second-order valence-electron chi connectivity index (χ2n) is 6.49. The number of benzene rings is 1. The number of carbonyl (C=O) groups excluding carboxylic acids is 1. The maximum atomic E-state index is 12.9. The van der Waals surface area contributed by atoms with Gasteiger partial charge in [0.1, 0.15) is 6.07 Å². The molecule has 2 N–H and O–H groups in total. The van der Waals surface area contributed by atoms with Crippen LogP contribution < -0.4 is 10.9 Å². The lowest BCUT2D eigenvalue weighted by Crippen LogP contribution is -2.44. The second-order valence-corrected chi connectivity index (χ2v) is 7.30. The van der Waals surface area contributed by atoms with Crippen LogP contribution in [-0.4, -0.2) is 22.0 Å². The van der Waals surface area contributed by atoms with Gasteiger partial charge in [-0.2, -0.15) is 5.26 Å².